The van der Waals surface area contributed by atoms with Crippen molar-refractivity contribution < 1.29 is 0 Å². The summed E-state index contributed by atoms with van der Waals surface area (Å²) in [4.78, 5) is 22.5. The number of aromatic nitrogens is 6. The van der Waals surface area contributed by atoms with Crippen LogP contribution in [0.1, 0.15) is 27.2 Å². The molecule has 0 unspecified atom stereocenters. The van der Waals surface area contributed by atoms with E-state index in [0.717, 1.165) is 94.4 Å². The van der Waals surface area contributed by atoms with Crippen LogP contribution in [-0.4, -0.2) is 68.3 Å². The maximum atomic E-state index is 5.02. The summed E-state index contributed by atoms with van der Waals surface area (Å²) in [6.45, 7) is 14.8. The molecule has 0 amide bonds. The zero-order chi connectivity index (χ0) is 27.1. The van der Waals surface area contributed by atoms with Crippen LogP contribution in [0.25, 0.3) is 44.6 Å². The van der Waals surface area contributed by atoms with Gasteiger partial charge in [-0.2, -0.15) is 5.10 Å². The summed E-state index contributed by atoms with van der Waals surface area (Å²) in [5.74, 6) is 1.01. The average molecular weight is 522 g/mol. The first-order valence-corrected chi connectivity index (χ1v) is 13.4. The number of rotatable bonds is 6. The third-order valence-corrected chi connectivity index (χ3v) is 7.09. The molecular formula is C30H35N9. The first kappa shape index (κ1) is 25.1. The number of H-pyrrole nitrogens is 2. The van der Waals surface area contributed by atoms with Gasteiger partial charge in [-0.15, -0.1) is 0 Å². The summed E-state index contributed by atoms with van der Waals surface area (Å²) in [5.41, 5.74) is 8.21. The first-order chi connectivity index (χ1) is 18.7. The molecule has 9 heteroatoms. The van der Waals surface area contributed by atoms with Crippen LogP contribution >= 0.6 is 0 Å². The molecule has 0 saturated carbocycles. The monoisotopic (exact) mass is 521 g/mol. The second-order valence-corrected chi connectivity index (χ2v) is 11.7. The number of likely N-dealkylation sites (N-methyl/N-ethyl adjacent to an activating group) is 1. The third-order valence-electron chi connectivity index (χ3n) is 7.09. The Bertz CT molecular complexity index is 1650. The lowest BCUT2D eigenvalue weighted by atomic mass is 9.91. The highest BCUT2D eigenvalue weighted by atomic mass is 15.3. The molecule has 3 N–H and O–H groups in total. The van der Waals surface area contributed by atoms with Gasteiger partial charge in [0.05, 0.1) is 34.3 Å². The van der Waals surface area contributed by atoms with Crippen molar-refractivity contribution in [2.45, 2.75) is 27.2 Å². The van der Waals surface area contributed by atoms with Gasteiger partial charge in [0.15, 0.2) is 0 Å². The SMILES string of the molecule is C=C(CC(C)(C)C)Nc1cncc(-c2ccc3[nH]nc(-c4cc5c(N6CCN(C)CC6)nccc5[nH]4)c3n2)c1. The van der Waals surface area contributed by atoms with Crippen LogP contribution in [0.15, 0.2) is 61.2 Å². The number of pyridine rings is 3. The molecule has 5 aromatic heterocycles. The smallest absolute Gasteiger partial charge is 0.138 e. The maximum Gasteiger partial charge on any atom is 0.138 e. The summed E-state index contributed by atoms with van der Waals surface area (Å²) < 4.78 is 0. The van der Waals surface area contributed by atoms with E-state index in [1.165, 1.54) is 0 Å². The molecule has 6 rings (SSSR count). The molecule has 0 aliphatic carbocycles. The highest BCUT2D eigenvalue weighted by Gasteiger charge is 2.20. The van der Waals surface area contributed by atoms with Crippen LogP contribution < -0.4 is 10.2 Å². The summed E-state index contributed by atoms with van der Waals surface area (Å²) in [6.07, 6.45) is 6.40. The minimum absolute atomic E-state index is 0.156. The van der Waals surface area contributed by atoms with Gasteiger partial charge in [0.1, 0.15) is 17.0 Å². The minimum Gasteiger partial charge on any atom is -0.358 e. The summed E-state index contributed by atoms with van der Waals surface area (Å²) in [7, 11) is 2.16. The predicted molar refractivity (Wildman–Crippen MR) is 159 cm³/mol. The molecule has 0 atom stereocenters. The molecule has 5 aromatic rings. The van der Waals surface area contributed by atoms with Gasteiger partial charge in [-0.3, -0.25) is 10.1 Å². The predicted octanol–water partition coefficient (Wildman–Crippen LogP) is 5.68. The van der Waals surface area contributed by atoms with Crippen molar-refractivity contribution in [2.24, 2.45) is 5.41 Å². The fourth-order valence-electron chi connectivity index (χ4n) is 5.22. The number of fused-ring (bicyclic) bond motifs is 2. The number of aromatic amines is 2. The van der Waals surface area contributed by atoms with Crippen LogP contribution in [0.4, 0.5) is 11.5 Å². The molecule has 6 heterocycles. The normalized spacial score (nSPS) is 14.8. The Hall–Kier alpha value is -4.24. The molecule has 200 valence electrons. The van der Waals surface area contributed by atoms with Crippen LogP contribution in [0.5, 0.6) is 0 Å². The standard InChI is InChI=1S/C30H35N9/c1-19(16-30(2,3)4)33-21-14-20(17-31-18-21)23-6-7-25-27(35-23)28(37-36-25)26-15-22-24(34-26)8-9-32-29(22)39-12-10-38(5)11-13-39/h6-9,14-15,17-18,33-34H,1,10-13,16H2,2-5H3,(H,36,37). The summed E-state index contributed by atoms with van der Waals surface area (Å²) in [5, 5.41) is 12.3. The maximum absolute atomic E-state index is 5.02. The van der Waals surface area contributed by atoms with Crippen molar-refractivity contribution in [3.63, 3.8) is 0 Å². The van der Waals surface area contributed by atoms with E-state index in [1.807, 2.05) is 36.8 Å². The van der Waals surface area contributed by atoms with Gasteiger partial charge >= 0.3 is 0 Å². The highest BCUT2D eigenvalue weighted by Crippen LogP contribution is 2.33. The zero-order valence-corrected chi connectivity index (χ0v) is 23.0. The lowest BCUT2D eigenvalue weighted by Gasteiger charge is -2.33. The summed E-state index contributed by atoms with van der Waals surface area (Å²) >= 11 is 0. The van der Waals surface area contributed by atoms with E-state index in [4.69, 9.17) is 9.97 Å². The van der Waals surface area contributed by atoms with Crippen LogP contribution in [0.2, 0.25) is 0 Å². The van der Waals surface area contributed by atoms with Crippen LogP contribution in [-0.2, 0) is 0 Å². The fourth-order valence-corrected chi connectivity index (χ4v) is 5.22. The van der Waals surface area contributed by atoms with E-state index in [2.05, 4.69) is 81.8 Å². The Balaban J connectivity index is 1.32. The lowest BCUT2D eigenvalue weighted by molar-refractivity contribution is 0.312. The topological polar surface area (TPSA) is 102 Å². The molecule has 9 nitrogen and oxygen atoms in total. The largest absolute Gasteiger partial charge is 0.358 e. The van der Waals surface area contributed by atoms with E-state index in [0.29, 0.717) is 0 Å². The van der Waals surface area contributed by atoms with Crippen molar-refractivity contribution in [1.29, 1.82) is 0 Å². The van der Waals surface area contributed by atoms with E-state index in [1.54, 1.807) is 0 Å². The molecule has 0 aromatic carbocycles. The van der Waals surface area contributed by atoms with E-state index >= 15 is 0 Å². The molecule has 1 saturated heterocycles. The molecule has 1 fully saturated rings. The Morgan fingerprint density at radius 1 is 1.05 bits per heavy atom. The summed E-state index contributed by atoms with van der Waals surface area (Å²) in [6, 6.07) is 10.2. The Labute approximate surface area is 228 Å². The number of anilines is 2. The van der Waals surface area contributed by atoms with Gasteiger partial charge in [0.2, 0.25) is 0 Å². The molecule has 0 bridgehead atoms. The third kappa shape index (κ3) is 5.22. The van der Waals surface area contributed by atoms with Crippen LogP contribution in [0, 0.1) is 5.41 Å². The van der Waals surface area contributed by atoms with Crippen molar-refractivity contribution in [1.82, 2.24) is 35.0 Å². The Morgan fingerprint density at radius 2 is 1.87 bits per heavy atom. The number of nitrogens with zero attached hydrogens (tertiary/aromatic N) is 6. The second-order valence-electron chi connectivity index (χ2n) is 11.7. The average Bonchev–Trinajstić information content (AvgIpc) is 3.52. The zero-order valence-electron chi connectivity index (χ0n) is 23.0. The fraction of sp³-hybridized carbons (Fsp3) is 0.333. The van der Waals surface area contributed by atoms with Crippen molar-refractivity contribution in [3.05, 3.63) is 61.2 Å². The molecule has 1 aliphatic heterocycles. The van der Waals surface area contributed by atoms with Crippen molar-refractivity contribution >= 4 is 33.4 Å². The number of nitrogens with one attached hydrogen (secondary N) is 3. The lowest BCUT2D eigenvalue weighted by Crippen LogP contribution is -2.44. The first-order valence-electron chi connectivity index (χ1n) is 13.4. The second kappa shape index (κ2) is 9.81. The molecule has 39 heavy (non-hydrogen) atoms. The number of hydrogen-bond acceptors (Lipinski definition) is 7. The Kier molecular flexibility index (Phi) is 6.31. The minimum atomic E-state index is 0.156. The van der Waals surface area contributed by atoms with Gasteiger partial charge in [0.25, 0.3) is 0 Å². The number of hydrogen-bond donors (Lipinski definition) is 3. The molecular weight excluding hydrogens is 486 g/mol. The van der Waals surface area contributed by atoms with Gasteiger partial charge in [0, 0.05) is 55.2 Å². The van der Waals surface area contributed by atoms with Crippen molar-refractivity contribution in [3.8, 4) is 22.6 Å². The number of allylic oxidation sites excluding steroid dienone is 1. The quantitative estimate of drug-likeness (QED) is 0.264. The van der Waals surface area contributed by atoms with Gasteiger partial charge in [-0.05, 0) is 49.2 Å². The van der Waals surface area contributed by atoms with E-state index in [-0.39, 0.29) is 5.41 Å². The van der Waals surface area contributed by atoms with E-state index < -0.39 is 0 Å². The highest BCUT2D eigenvalue weighted by molar-refractivity contribution is 5.98. The number of piperazine rings is 1. The van der Waals surface area contributed by atoms with E-state index in [9.17, 15) is 0 Å². The molecule has 0 radical (unpaired) electrons. The van der Waals surface area contributed by atoms with Gasteiger partial charge in [-0.25, -0.2) is 9.97 Å². The Morgan fingerprint density at radius 3 is 2.67 bits per heavy atom. The molecule has 1 aliphatic rings. The van der Waals surface area contributed by atoms with Crippen LogP contribution in [0.3, 0.4) is 0 Å². The molecule has 0 spiro atoms. The van der Waals surface area contributed by atoms with Gasteiger partial charge in [-0.1, -0.05) is 27.4 Å². The van der Waals surface area contributed by atoms with Crippen molar-refractivity contribution in [2.75, 3.05) is 43.4 Å². The van der Waals surface area contributed by atoms with Gasteiger partial charge < -0.3 is 20.1 Å².